The van der Waals surface area contributed by atoms with Gasteiger partial charge in [0, 0.05) is 23.8 Å². The quantitative estimate of drug-likeness (QED) is 0.0332. The highest BCUT2D eigenvalue weighted by atomic mass is 16.7. The van der Waals surface area contributed by atoms with Gasteiger partial charge < -0.3 is 69.6 Å². The first-order valence-electron chi connectivity index (χ1n) is 19.9. The van der Waals surface area contributed by atoms with Crippen molar-refractivity contribution in [2.75, 3.05) is 13.2 Å². The Hall–Kier alpha value is -4.20. The van der Waals surface area contributed by atoms with Gasteiger partial charge in [-0.1, -0.05) is 93.9 Å². The summed E-state index contributed by atoms with van der Waals surface area (Å²) in [6.07, 6.45) is 7.28. The molecule has 0 spiro atoms. The topological polar surface area (TPSA) is 262 Å². The Kier molecular flexibility index (Phi) is 21.8. The molecule has 3 rings (SSSR count). The molecule has 0 saturated carbocycles. The highest BCUT2D eigenvalue weighted by Crippen LogP contribution is 2.42. The number of hydrogen-bond donors (Lipinski definition) is 9. The Morgan fingerprint density at radius 2 is 1.49 bits per heavy atom. The zero-order chi connectivity index (χ0) is 43.3. The van der Waals surface area contributed by atoms with E-state index in [2.05, 4.69) is 13.8 Å². The number of aromatic hydroxyl groups is 2. The molecule has 2 heterocycles. The number of phenols is 2. The van der Waals surface area contributed by atoms with Gasteiger partial charge in [-0.15, -0.1) is 0 Å². The van der Waals surface area contributed by atoms with Gasteiger partial charge in [0.2, 0.25) is 0 Å². The average molecular weight is 833 g/mol. The first kappa shape index (κ1) is 49.2. The Morgan fingerprint density at radius 1 is 0.797 bits per heavy atom. The summed E-state index contributed by atoms with van der Waals surface area (Å²) in [5, 5.41) is 95.4. The van der Waals surface area contributed by atoms with Crippen LogP contribution in [-0.2, 0) is 39.9 Å². The molecule has 2 aliphatic rings. The van der Waals surface area contributed by atoms with Crippen molar-refractivity contribution in [3.63, 3.8) is 0 Å². The number of hydrogen-bond acceptors (Lipinski definition) is 16. The molecule has 11 unspecified atom stereocenters. The molecule has 0 bridgehead atoms. The summed E-state index contributed by atoms with van der Waals surface area (Å²) in [6.45, 7) is 1.94. The number of carbonyl (C=O) groups excluding carboxylic acids is 2. The number of aliphatic hydroxyl groups is 7. The van der Waals surface area contributed by atoms with E-state index in [1.807, 2.05) is 18.2 Å². The molecule has 0 aromatic heterocycles. The number of phenolic OH excluding ortho intramolecular Hbond substituents is 2. The first-order chi connectivity index (χ1) is 28.4. The summed E-state index contributed by atoms with van der Waals surface area (Å²) in [7, 11) is 0. The molecule has 2 fully saturated rings. The average Bonchev–Trinajstić information content (AvgIpc) is 3.49. The molecule has 16 nitrogen and oxygen atoms in total. The van der Waals surface area contributed by atoms with Gasteiger partial charge in [-0.05, 0) is 37.3 Å². The molecule has 2 aliphatic heterocycles. The smallest absolute Gasteiger partial charge is 0.331 e. The van der Waals surface area contributed by atoms with Crippen molar-refractivity contribution in [2.45, 2.75) is 133 Å². The number of ether oxygens (including phenoxy) is 5. The standard InChI is InChI=1S/C43H60O16/c1-3-5-7-9-10-12-16-20-33(50)55-26-31(49)39-36(52)37(53)43(58-39)59-40-32(25-45)56-41(35-27(24-44)22-29(47)23-30(35)48)38(54)42(40)57-34(51)21-17-13-15-19-28(46)18-14-11-8-6-4-2/h8,10-18,20-23,28,31-32,36-49,52-54H,3-7,9,19,24-26H2,1-2H3. The molecule has 1 aromatic carbocycles. The van der Waals surface area contributed by atoms with Crippen molar-refractivity contribution in [2.24, 2.45) is 0 Å². The molecule has 328 valence electrons. The number of benzene rings is 1. The zero-order valence-corrected chi connectivity index (χ0v) is 33.4. The van der Waals surface area contributed by atoms with Crippen LogP contribution >= 0.6 is 0 Å². The van der Waals surface area contributed by atoms with Crippen LogP contribution in [0.15, 0.2) is 85.0 Å². The fraction of sp³-hybridized carbons (Fsp3) is 0.535. The maximum Gasteiger partial charge on any atom is 0.331 e. The summed E-state index contributed by atoms with van der Waals surface area (Å²) in [4.78, 5) is 25.3. The molecule has 0 amide bonds. The molecule has 59 heavy (non-hydrogen) atoms. The van der Waals surface area contributed by atoms with Crippen LogP contribution in [-0.4, -0.2) is 132 Å². The maximum absolute atomic E-state index is 13.2. The first-order valence-corrected chi connectivity index (χ1v) is 19.9. The normalized spacial score (nSPS) is 27.6. The second-order valence-corrected chi connectivity index (χ2v) is 14.1. The number of esters is 2. The summed E-state index contributed by atoms with van der Waals surface area (Å²) >= 11 is 0. The highest BCUT2D eigenvalue weighted by molar-refractivity contribution is 5.82. The van der Waals surface area contributed by atoms with Gasteiger partial charge >= 0.3 is 11.9 Å². The lowest BCUT2D eigenvalue weighted by molar-refractivity contribution is -0.294. The monoisotopic (exact) mass is 832 g/mol. The molecule has 9 N–H and O–H groups in total. The van der Waals surface area contributed by atoms with E-state index in [0.717, 1.165) is 62.8 Å². The van der Waals surface area contributed by atoms with Gasteiger partial charge in [0.05, 0.1) is 19.3 Å². The van der Waals surface area contributed by atoms with Gasteiger partial charge in [-0.3, -0.25) is 0 Å². The number of rotatable bonds is 23. The largest absolute Gasteiger partial charge is 0.508 e. The fourth-order valence-electron chi connectivity index (χ4n) is 6.36. The van der Waals surface area contributed by atoms with Crippen LogP contribution < -0.4 is 0 Å². The summed E-state index contributed by atoms with van der Waals surface area (Å²) in [6, 6.07) is 2.05. The minimum atomic E-state index is -1.90. The molecule has 2 saturated heterocycles. The molecule has 0 radical (unpaired) electrons. The number of carbonyl (C=O) groups is 2. The molecule has 16 heteroatoms. The van der Waals surface area contributed by atoms with Crippen LogP contribution in [0.2, 0.25) is 0 Å². The van der Waals surface area contributed by atoms with Crippen LogP contribution in [0.25, 0.3) is 0 Å². The van der Waals surface area contributed by atoms with Gasteiger partial charge in [-0.25, -0.2) is 9.59 Å². The fourth-order valence-corrected chi connectivity index (χ4v) is 6.36. The van der Waals surface area contributed by atoms with Crippen molar-refractivity contribution in [1.82, 2.24) is 0 Å². The third kappa shape index (κ3) is 15.4. The second kappa shape index (κ2) is 26.1. The van der Waals surface area contributed by atoms with E-state index < -0.39 is 111 Å². The van der Waals surface area contributed by atoms with Crippen LogP contribution in [0, 0.1) is 0 Å². The minimum Gasteiger partial charge on any atom is -0.508 e. The van der Waals surface area contributed by atoms with Crippen LogP contribution in [0.5, 0.6) is 11.5 Å². The predicted molar refractivity (Wildman–Crippen MR) is 213 cm³/mol. The molecule has 1 aromatic rings. The number of allylic oxidation sites excluding steroid dienone is 8. The van der Waals surface area contributed by atoms with E-state index in [9.17, 15) is 55.5 Å². The SMILES string of the molecule is CCCC=CC=CC(O)CC=CC=CC(=O)OC1C(O)C(c2c(O)cc(O)cc2CO)OC(CO)C1OC1OC(C(O)COC(=O)C=CC=CCCCCC)C(O)C1O. The van der Waals surface area contributed by atoms with E-state index >= 15 is 0 Å². The lowest BCUT2D eigenvalue weighted by Gasteiger charge is -2.44. The maximum atomic E-state index is 13.2. The van der Waals surface area contributed by atoms with E-state index in [4.69, 9.17) is 23.7 Å². The van der Waals surface area contributed by atoms with Crippen LogP contribution in [0.3, 0.4) is 0 Å². The third-order valence-electron chi connectivity index (χ3n) is 9.44. The highest BCUT2D eigenvalue weighted by Gasteiger charge is 2.54. The molecule has 11 atom stereocenters. The van der Waals surface area contributed by atoms with Crippen LogP contribution in [0.4, 0.5) is 0 Å². The molecule has 0 aliphatic carbocycles. The van der Waals surface area contributed by atoms with E-state index in [1.54, 1.807) is 24.3 Å². The van der Waals surface area contributed by atoms with E-state index in [0.29, 0.717) is 0 Å². The minimum absolute atomic E-state index is 0.0590. The van der Waals surface area contributed by atoms with Crippen molar-refractivity contribution in [3.05, 3.63) is 96.2 Å². The second-order valence-electron chi connectivity index (χ2n) is 14.1. The summed E-state index contributed by atoms with van der Waals surface area (Å²) in [5.74, 6) is -2.81. The molecular formula is C43H60O16. The third-order valence-corrected chi connectivity index (χ3v) is 9.44. The lowest BCUT2D eigenvalue weighted by atomic mass is 9.88. The van der Waals surface area contributed by atoms with Gasteiger partial charge in [0.25, 0.3) is 0 Å². The lowest BCUT2D eigenvalue weighted by Crippen LogP contribution is -2.59. The Morgan fingerprint density at radius 3 is 2.19 bits per heavy atom. The Balaban J connectivity index is 1.77. The van der Waals surface area contributed by atoms with E-state index in [1.165, 1.54) is 18.2 Å². The summed E-state index contributed by atoms with van der Waals surface area (Å²) < 4.78 is 28.2. The number of aliphatic hydroxyl groups excluding tert-OH is 7. The zero-order valence-electron chi connectivity index (χ0n) is 33.4. The van der Waals surface area contributed by atoms with Gasteiger partial charge in [0.15, 0.2) is 12.4 Å². The van der Waals surface area contributed by atoms with E-state index in [-0.39, 0.29) is 17.5 Å². The molecular weight excluding hydrogens is 772 g/mol. The van der Waals surface area contributed by atoms with Crippen molar-refractivity contribution in [1.29, 1.82) is 0 Å². The van der Waals surface area contributed by atoms with Gasteiger partial charge in [0.1, 0.15) is 66.9 Å². The van der Waals surface area contributed by atoms with Gasteiger partial charge in [-0.2, -0.15) is 0 Å². The summed E-state index contributed by atoms with van der Waals surface area (Å²) in [5.41, 5.74) is -0.248. The Bertz CT molecular complexity index is 1620. The van der Waals surface area contributed by atoms with Crippen molar-refractivity contribution in [3.8, 4) is 11.5 Å². The van der Waals surface area contributed by atoms with Crippen LogP contribution in [0.1, 0.15) is 76.0 Å². The Labute approximate surface area is 344 Å². The number of unbranched alkanes of at least 4 members (excludes halogenated alkanes) is 4. The van der Waals surface area contributed by atoms with Crippen molar-refractivity contribution >= 4 is 11.9 Å². The van der Waals surface area contributed by atoms with Crippen molar-refractivity contribution < 1.29 is 79.2 Å². The predicted octanol–water partition coefficient (Wildman–Crippen LogP) is 2.50.